The van der Waals surface area contributed by atoms with Crippen LogP contribution in [0.4, 0.5) is 11.4 Å². The van der Waals surface area contributed by atoms with Gasteiger partial charge in [0.1, 0.15) is 17.6 Å². The molecule has 0 aliphatic carbocycles. The average Bonchev–Trinajstić information content (AvgIpc) is 2.50. The van der Waals surface area contributed by atoms with Crippen LogP contribution >= 0.6 is 0 Å². The van der Waals surface area contributed by atoms with Gasteiger partial charge in [-0.2, -0.15) is 0 Å². The van der Waals surface area contributed by atoms with E-state index in [0.717, 1.165) is 0 Å². The number of hydrogen-bond acceptors (Lipinski definition) is 6. The number of nitrogens with zero attached hydrogens (tertiary/aromatic N) is 3. The molecule has 0 saturated heterocycles. The molecule has 0 radical (unpaired) electrons. The third-order valence-corrected chi connectivity index (χ3v) is 3.27. The average molecular weight is 305 g/mol. The molecule has 0 fully saturated rings. The third kappa shape index (κ3) is 3.05. The number of hydrogen-bond donors (Lipinski definition) is 1. The number of carboxylic acids is 1. The highest BCUT2D eigenvalue weighted by molar-refractivity contribution is 5.96. The van der Waals surface area contributed by atoms with Crippen LogP contribution in [0.5, 0.6) is 5.75 Å². The van der Waals surface area contributed by atoms with Crippen molar-refractivity contribution in [1.29, 1.82) is 0 Å². The summed E-state index contributed by atoms with van der Waals surface area (Å²) in [4.78, 5) is 27.1. The molecule has 116 valence electrons. The van der Waals surface area contributed by atoms with Crippen molar-refractivity contribution in [2.75, 3.05) is 25.6 Å². The van der Waals surface area contributed by atoms with Gasteiger partial charge in [-0.05, 0) is 12.1 Å². The number of carboxylic acid groups (broad SMARTS) is 1. The first-order valence-electron chi connectivity index (χ1n) is 6.48. The van der Waals surface area contributed by atoms with Crippen molar-refractivity contribution in [3.8, 4) is 5.75 Å². The summed E-state index contributed by atoms with van der Waals surface area (Å²) in [5.74, 6) is -0.373. The second kappa shape index (κ2) is 6.25. The summed E-state index contributed by atoms with van der Waals surface area (Å²) in [5, 5.41) is 20.6. The van der Waals surface area contributed by atoms with Gasteiger partial charge in [0.05, 0.1) is 24.0 Å². The van der Waals surface area contributed by atoms with Gasteiger partial charge in [-0.1, -0.05) is 0 Å². The first-order chi connectivity index (χ1) is 10.4. The zero-order valence-electron chi connectivity index (χ0n) is 12.1. The normalized spacial score (nSPS) is 10.5. The van der Waals surface area contributed by atoms with E-state index in [1.807, 2.05) is 0 Å². The van der Waals surface area contributed by atoms with Gasteiger partial charge in [0, 0.05) is 25.0 Å². The topological polar surface area (TPSA) is 106 Å². The molecule has 0 bridgehead atoms. The fraction of sp³-hybridized carbons (Fsp3) is 0.286. The molecule has 0 aliphatic heterocycles. The quantitative estimate of drug-likeness (QED) is 0.643. The van der Waals surface area contributed by atoms with Gasteiger partial charge in [0.15, 0.2) is 0 Å². The molecule has 1 aromatic carbocycles. The van der Waals surface area contributed by atoms with Crippen LogP contribution in [0, 0.1) is 10.1 Å². The molecule has 2 rings (SSSR count). The molecule has 0 amide bonds. The molecule has 2 aromatic rings. The number of methoxy groups -OCH3 is 1. The van der Waals surface area contributed by atoms with Crippen molar-refractivity contribution < 1.29 is 19.6 Å². The molecule has 1 aromatic heterocycles. The summed E-state index contributed by atoms with van der Waals surface area (Å²) < 4.78 is 5.11. The van der Waals surface area contributed by atoms with Crippen LogP contribution in [0.25, 0.3) is 10.9 Å². The Morgan fingerprint density at radius 1 is 1.50 bits per heavy atom. The number of nitro groups is 1. The minimum absolute atomic E-state index is 0.117. The van der Waals surface area contributed by atoms with E-state index in [4.69, 9.17) is 9.84 Å². The van der Waals surface area contributed by atoms with Gasteiger partial charge in [-0.15, -0.1) is 0 Å². The highest BCUT2D eigenvalue weighted by atomic mass is 16.6. The summed E-state index contributed by atoms with van der Waals surface area (Å²) in [6.45, 7) is 0.154. The summed E-state index contributed by atoms with van der Waals surface area (Å²) in [7, 11) is 3.14. The maximum absolute atomic E-state index is 11.2. The fourth-order valence-corrected chi connectivity index (χ4v) is 2.19. The van der Waals surface area contributed by atoms with Crippen LogP contribution in [-0.4, -0.2) is 41.7 Å². The maximum Gasteiger partial charge on any atom is 0.311 e. The Labute approximate surface area is 126 Å². The van der Waals surface area contributed by atoms with Crippen molar-refractivity contribution in [2.24, 2.45) is 0 Å². The van der Waals surface area contributed by atoms with Crippen molar-refractivity contribution in [3.05, 3.63) is 34.5 Å². The third-order valence-electron chi connectivity index (χ3n) is 3.27. The number of rotatable bonds is 6. The lowest BCUT2D eigenvalue weighted by Gasteiger charge is -2.20. The summed E-state index contributed by atoms with van der Waals surface area (Å²) in [6.07, 6.45) is 1.06. The van der Waals surface area contributed by atoms with E-state index >= 15 is 0 Å². The highest BCUT2D eigenvalue weighted by Crippen LogP contribution is 2.35. The number of fused-ring (bicyclic) bond motifs is 1. The van der Waals surface area contributed by atoms with E-state index in [-0.39, 0.29) is 18.7 Å². The fourth-order valence-electron chi connectivity index (χ4n) is 2.19. The Hall–Kier alpha value is -2.90. The molecular weight excluding hydrogens is 290 g/mol. The lowest BCUT2D eigenvalue weighted by molar-refractivity contribution is -0.384. The Bertz CT molecular complexity index is 732. The predicted octanol–water partition coefficient (Wildman–Crippen LogP) is 2.06. The first kappa shape index (κ1) is 15.5. The molecule has 0 saturated carbocycles. The Morgan fingerprint density at radius 3 is 2.82 bits per heavy atom. The van der Waals surface area contributed by atoms with Crippen LogP contribution in [-0.2, 0) is 4.79 Å². The number of aromatic nitrogens is 1. The molecule has 1 heterocycles. The number of anilines is 1. The lowest BCUT2D eigenvalue weighted by Crippen LogP contribution is -2.22. The van der Waals surface area contributed by atoms with Crippen LogP contribution < -0.4 is 9.64 Å². The smallest absolute Gasteiger partial charge is 0.311 e. The van der Waals surface area contributed by atoms with Gasteiger partial charge < -0.3 is 14.7 Å². The molecule has 22 heavy (non-hydrogen) atoms. The van der Waals surface area contributed by atoms with Gasteiger partial charge in [-0.25, -0.2) is 4.98 Å². The molecule has 1 N–H and O–H groups in total. The SMILES string of the molecule is COc1ccc2c(N(C)CCC(=O)O)c([N+](=O)[O-])cnc2c1. The predicted molar refractivity (Wildman–Crippen MR) is 80.5 cm³/mol. The maximum atomic E-state index is 11.2. The van der Waals surface area contributed by atoms with Crippen LogP contribution in [0.15, 0.2) is 24.4 Å². The van der Waals surface area contributed by atoms with E-state index in [9.17, 15) is 14.9 Å². The molecular formula is C14H15N3O5. The minimum Gasteiger partial charge on any atom is -0.497 e. The van der Waals surface area contributed by atoms with Crippen LogP contribution in [0.1, 0.15) is 6.42 Å². The Kier molecular flexibility index (Phi) is 4.40. The van der Waals surface area contributed by atoms with Gasteiger partial charge >= 0.3 is 11.7 Å². The van der Waals surface area contributed by atoms with E-state index < -0.39 is 10.9 Å². The largest absolute Gasteiger partial charge is 0.497 e. The lowest BCUT2D eigenvalue weighted by atomic mass is 10.1. The molecule has 8 nitrogen and oxygen atoms in total. The number of benzene rings is 1. The van der Waals surface area contributed by atoms with Crippen molar-refractivity contribution >= 4 is 28.2 Å². The Balaban J connectivity index is 2.57. The molecule has 0 unspecified atom stereocenters. The zero-order valence-corrected chi connectivity index (χ0v) is 12.1. The van der Waals surface area contributed by atoms with Gasteiger partial charge in [0.25, 0.3) is 0 Å². The molecule has 0 aliphatic rings. The summed E-state index contributed by atoms with van der Waals surface area (Å²) in [5.41, 5.74) is 0.728. The molecule has 8 heteroatoms. The van der Waals surface area contributed by atoms with Crippen molar-refractivity contribution in [3.63, 3.8) is 0 Å². The number of ether oxygens (including phenoxy) is 1. The van der Waals surface area contributed by atoms with E-state index in [0.29, 0.717) is 22.3 Å². The number of pyridine rings is 1. The number of aliphatic carboxylic acids is 1. The minimum atomic E-state index is -0.963. The van der Waals surface area contributed by atoms with Crippen molar-refractivity contribution in [1.82, 2.24) is 4.98 Å². The molecule has 0 atom stereocenters. The molecule has 0 spiro atoms. The van der Waals surface area contributed by atoms with E-state index in [2.05, 4.69) is 4.98 Å². The van der Waals surface area contributed by atoms with Crippen molar-refractivity contribution in [2.45, 2.75) is 6.42 Å². The van der Waals surface area contributed by atoms with Crippen LogP contribution in [0.2, 0.25) is 0 Å². The Morgan fingerprint density at radius 2 is 2.23 bits per heavy atom. The van der Waals surface area contributed by atoms with Gasteiger partial charge in [-0.3, -0.25) is 14.9 Å². The van der Waals surface area contributed by atoms with E-state index in [1.54, 1.807) is 30.1 Å². The summed E-state index contributed by atoms with van der Waals surface area (Å²) >= 11 is 0. The highest BCUT2D eigenvalue weighted by Gasteiger charge is 2.22. The van der Waals surface area contributed by atoms with E-state index in [1.165, 1.54) is 13.3 Å². The standard InChI is InChI=1S/C14H15N3O5/c1-16(6-5-13(18)19)14-10-4-3-9(22-2)7-11(10)15-8-12(14)17(20)21/h3-4,7-8H,5-6H2,1-2H3,(H,18,19). The number of carbonyl (C=O) groups is 1. The zero-order chi connectivity index (χ0) is 16.3. The second-order valence-corrected chi connectivity index (χ2v) is 4.70. The van der Waals surface area contributed by atoms with Crippen LogP contribution in [0.3, 0.4) is 0 Å². The van der Waals surface area contributed by atoms with Gasteiger partial charge in [0.2, 0.25) is 0 Å². The monoisotopic (exact) mass is 305 g/mol. The summed E-state index contributed by atoms with van der Waals surface area (Å²) in [6, 6.07) is 5.04. The second-order valence-electron chi connectivity index (χ2n) is 4.70. The first-order valence-corrected chi connectivity index (χ1v) is 6.48.